The predicted molar refractivity (Wildman–Crippen MR) is 91.3 cm³/mol. The Hall–Kier alpha value is -1.81. The van der Waals surface area contributed by atoms with Gasteiger partial charge in [-0.15, -0.1) is 0 Å². The first-order valence-corrected chi connectivity index (χ1v) is 8.04. The van der Waals surface area contributed by atoms with Gasteiger partial charge in [-0.2, -0.15) is 0 Å². The van der Waals surface area contributed by atoms with Crippen LogP contribution in [0.1, 0.15) is 52.3 Å². The predicted octanol–water partition coefficient (Wildman–Crippen LogP) is 3.62. The summed E-state index contributed by atoms with van der Waals surface area (Å²) in [6, 6.07) is 6.88. The fourth-order valence-corrected chi connectivity index (χ4v) is 3.57. The van der Waals surface area contributed by atoms with Gasteiger partial charge >= 0.3 is 5.69 Å². The van der Waals surface area contributed by atoms with Gasteiger partial charge in [0.15, 0.2) is 0 Å². The Morgan fingerprint density at radius 3 is 2.64 bits per heavy atom. The van der Waals surface area contributed by atoms with E-state index in [9.17, 15) is 4.79 Å². The molecule has 22 heavy (non-hydrogen) atoms. The van der Waals surface area contributed by atoms with Crippen LogP contribution in [0.2, 0.25) is 0 Å². The molecule has 0 saturated heterocycles. The molecule has 1 aliphatic rings. The van der Waals surface area contributed by atoms with Crippen LogP contribution >= 0.6 is 0 Å². The molecule has 4 nitrogen and oxygen atoms in total. The molecule has 0 amide bonds. The Balaban J connectivity index is 2.20. The molecule has 3 atom stereocenters. The number of imidazole rings is 1. The highest BCUT2D eigenvalue weighted by Crippen LogP contribution is 2.35. The van der Waals surface area contributed by atoms with E-state index in [0.717, 1.165) is 17.6 Å². The first kappa shape index (κ1) is 15.1. The molecule has 0 fully saturated rings. The number of nitrogens with zero attached hydrogens (tertiary/aromatic N) is 2. The molecule has 4 heteroatoms. The lowest BCUT2D eigenvalue weighted by Crippen LogP contribution is -2.40. The maximum Gasteiger partial charge on any atom is 0.326 e. The van der Waals surface area contributed by atoms with E-state index in [2.05, 4.69) is 56.6 Å². The molecule has 118 valence electrons. The molecular formula is C18H25N3O. The lowest BCUT2D eigenvalue weighted by Gasteiger charge is -2.34. The Labute approximate surface area is 131 Å². The minimum absolute atomic E-state index is 0.00179. The van der Waals surface area contributed by atoms with Gasteiger partial charge in [0.2, 0.25) is 0 Å². The van der Waals surface area contributed by atoms with E-state index in [0.29, 0.717) is 0 Å². The minimum Gasteiger partial charge on any atom is -0.306 e. The summed E-state index contributed by atoms with van der Waals surface area (Å²) in [7, 11) is 0. The summed E-state index contributed by atoms with van der Waals surface area (Å²) in [6.07, 6.45) is 2.27. The number of aromatic nitrogens is 2. The SMILES string of the molecule is CC(C)=CCN1C(C)c2cccc3[nH]c(=O)n(c23)[C@@H](C)[C@H]1C. The molecule has 0 radical (unpaired) electrons. The van der Waals surface area contributed by atoms with Crippen molar-refractivity contribution in [3.8, 4) is 0 Å². The summed E-state index contributed by atoms with van der Waals surface area (Å²) in [4.78, 5) is 17.9. The number of H-pyrrole nitrogens is 1. The molecule has 3 rings (SSSR count). The van der Waals surface area contributed by atoms with Gasteiger partial charge in [-0.1, -0.05) is 23.8 Å². The van der Waals surface area contributed by atoms with E-state index in [1.54, 1.807) is 0 Å². The number of rotatable bonds is 2. The van der Waals surface area contributed by atoms with Crippen molar-refractivity contribution in [3.05, 3.63) is 45.9 Å². The van der Waals surface area contributed by atoms with Crippen molar-refractivity contribution < 1.29 is 0 Å². The number of hydrogen-bond donors (Lipinski definition) is 1. The van der Waals surface area contributed by atoms with Gasteiger partial charge in [0.1, 0.15) is 0 Å². The van der Waals surface area contributed by atoms with E-state index < -0.39 is 0 Å². The summed E-state index contributed by atoms with van der Waals surface area (Å²) in [5, 5.41) is 0. The molecule has 1 aromatic heterocycles. The van der Waals surface area contributed by atoms with Crippen LogP contribution in [-0.2, 0) is 0 Å². The van der Waals surface area contributed by atoms with Crippen LogP contribution in [0.3, 0.4) is 0 Å². The molecule has 2 aromatic rings. The summed E-state index contributed by atoms with van der Waals surface area (Å²) in [6.45, 7) is 11.8. The fourth-order valence-electron chi connectivity index (χ4n) is 3.57. The number of nitrogens with one attached hydrogen (secondary N) is 1. The first-order valence-electron chi connectivity index (χ1n) is 8.04. The van der Waals surface area contributed by atoms with Crippen LogP contribution in [0.5, 0.6) is 0 Å². The smallest absolute Gasteiger partial charge is 0.306 e. The monoisotopic (exact) mass is 299 g/mol. The third-order valence-electron chi connectivity index (χ3n) is 5.05. The van der Waals surface area contributed by atoms with Gasteiger partial charge in [0.25, 0.3) is 0 Å². The quantitative estimate of drug-likeness (QED) is 0.860. The second-order valence-corrected chi connectivity index (χ2v) is 6.68. The van der Waals surface area contributed by atoms with Crippen molar-refractivity contribution in [2.75, 3.05) is 6.54 Å². The molecule has 1 aliphatic heterocycles. The number of hydrogen-bond acceptors (Lipinski definition) is 2. The molecule has 0 saturated carbocycles. The molecule has 2 heterocycles. The van der Waals surface area contributed by atoms with E-state index in [-0.39, 0.29) is 23.8 Å². The maximum atomic E-state index is 12.4. The minimum atomic E-state index is -0.00179. The summed E-state index contributed by atoms with van der Waals surface area (Å²) >= 11 is 0. The number of aromatic amines is 1. The van der Waals surface area contributed by atoms with Crippen LogP contribution in [0.25, 0.3) is 11.0 Å². The number of para-hydroxylation sites is 1. The Bertz CT molecular complexity index is 779. The van der Waals surface area contributed by atoms with E-state index >= 15 is 0 Å². The van der Waals surface area contributed by atoms with Crippen LogP contribution in [-0.4, -0.2) is 27.0 Å². The van der Waals surface area contributed by atoms with Crippen molar-refractivity contribution in [1.82, 2.24) is 14.5 Å². The van der Waals surface area contributed by atoms with Gasteiger partial charge in [-0.05, 0) is 46.2 Å². The van der Waals surface area contributed by atoms with Gasteiger partial charge in [0.05, 0.1) is 17.1 Å². The van der Waals surface area contributed by atoms with Crippen molar-refractivity contribution >= 4 is 11.0 Å². The lowest BCUT2D eigenvalue weighted by molar-refractivity contribution is 0.142. The Kier molecular flexibility index (Phi) is 3.73. The van der Waals surface area contributed by atoms with Gasteiger partial charge in [-0.25, -0.2) is 4.79 Å². The van der Waals surface area contributed by atoms with E-state index in [1.807, 2.05) is 16.7 Å². The second kappa shape index (κ2) is 5.43. The number of benzene rings is 1. The van der Waals surface area contributed by atoms with Crippen LogP contribution in [0.4, 0.5) is 0 Å². The Morgan fingerprint density at radius 1 is 1.23 bits per heavy atom. The molecule has 0 spiro atoms. The molecule has 1 unspecified atom stereocenters. The second-order valence-electron chi connectivity index (χ2n) is 6.68. The van der Waals surface area contributed by atoms with Crippen LogP contribution in [0.15, 0.2) is 34.6 Å². The average molecular weight is 299 g/mol. The molecular weight excluding hydrogens is 274 g/mol. The first-order chi connectivity index (χ1) is 10.4. The normalized spacial score (nSPS) is 25.2. The third-order valence-corrected chi connectivity index (χ3v) is 5.05. The van der Waals surface area contributed by atoms with Crippen molar-refractivity contribution in [3.63, 3.8) is 0 Å². The molecule has 0 bridgehead atoms. The fraction of sp³-hybridized carbons (Fsp3) is 0.500. The van der Waals surface area contributed by atoms with Gasteiger partial charge < -0.3 is 4.98 Å². The number of allylic oxidation sites excluding steroid dienone is 1. The highest BCUT2D eigenvalue weighted by Gasteiger charge is 2.33. The maximum absolute atomic E-state index is 12.4. The Morgan fingerprint density at radius 2 is 1.95 bits per heavy atom. The largest absolute Gasteiger partial charge is 0.326 e. The lowest BCUT2D eigenvalue weighted by atomic mass is 10.0. The van der Waals surface area contributed by atoms with Crippen LogP contribution < -0.4 is 5.69 Å². The third kappa shape index (κ3) is 2.22. The molecule has 0 aliphatic carbocycles. The zero-order chi connectivity index (χ0) is 16.0. The summed E-state index contributed by atoms with van der Waals surface area (Å²) in [5.74, 6) is 0. The highest BCUT2D eigenvalue weighted by molar-refractivity contribution is 5.80. The van der Waals surface area contributed by atoms with Gasteiger partial charge in [0, 0.05) is 18.6 Å². The molecule has 1 aromatic carbocycles. The van der Waals surface area contributed by atoms with Crippen molar-refractivity contribution in [2.24, 2.45) is 0 Å². The van der Waals surface area contributed by atoms with E-state index in [4.69, 9.17) is 0 Å². The zero-order valence-corrected chi connectivity index (χ0v) is 14.1. The van der Waals surface area contributed by atoms with Crippen molar-refractivity contribution in [1.29, 1.82) is 0 Å². The summed E-state index contributed by atoms with van der Waals surface area (Å²) in [5.41, 5.74) is 4.57. The molecule has 1 N–H and O–H groups in total. The summed E-state index contributed by atoms with van der Waals surface area (Å²) < 4.78 is 1.94. The van der Waals surface area contributed by atoms with Crippen molar-refractivity contribution in [2.45, 2.75) is 52.7 Å². The topological polar surface area (TPSA) is 41.0 Å². The highest BCUT2D eigenvalue weighted by atomic mass is 16.1. The zero-order valence-electron chi connectivity index (χ0n) is 14.1. The average Bonchev–Trinajstić information content (AvgIpc) is 2.77. The van der Waals surface area contributed by atoms with E-state index in [1.165, 1.54) is 11.1 Å². The van der Waals surface area contributed by atoms with Gasteiger partial charge in [-0.3, -0.25) is 9.47 Å². The standard InChI is InChI=1S/C18H25N3O/c1-11(2)9-10-20-12(3)13(4)21-17-15(14(20)5)7-6-8-16(17)19-18(21)22/h6-9,12-14H,10H2,1-5H3,(H,19,22)/t12-,13+,14?/m1/s1. The van der Waals surface area contributed by atoms with Crippen LogP contribution in [0, 0.1) is 0 Å².